The Morgan fingerprint density at radius 2 is 0.565 bits per heavy atom. The molecule has 8 heterocycles. The number of benzene rings is 16. The Bertz CT molecular complexity index is 9280. The fourth-order valence-corrected chi connectivity index (χ4v) is 18.8. The molecule has 23 nitrogen and oxygen atoms in total. The first-order chi connectivity index (χ1) is 68.0. The highest BCUT2D eigenvalue weighted by molar-refractivity contribution is 6.22. The van der Waals surface area contributed by atoms with E-state index in [2.05, 4.69) is 263 Å². The van der Waals surface area contributed by atoms with Crippen LogP contribution in [0.3, 0.4) is 0 Å². The third-order valence-corrected chi connectivity index (χ3v) is 25.0. The van der Waals surface area contributed by atoms with Crippen LogP contribution in [0.25, 0.3) is 167 Å². The van der Waals surface area contributed by atoms with Crippen LogP contribution in [-0.2, 0) is 0 Å². The monoisotopic (exact) mass is 1770 g/mol. The van der Waals surface area contributed by atoms with Gasteiger partial charge in [-0.3, -0.25) is 0 Å². The van der Waals surface area contributed by atoms with Crippen LogP contribution in [0.4, 0.5) is 51.2 Å². The molecule has 0 radical (unpaired) electrons. The molecule has 0 aliphatic rings. The normalized spacial score (nSPS) is 11.6. The zero-order valence-corrected chi connectivity index (χ0v) is 73.5. The van der Waals surface area contributed by atoms with E-state index >= 15 is 0 Å². The van der Waals surface area contributed by atoms with Gasteiger partial charge < -0.3 is 14.7 Å². The highest BCUT2D eigenvalue weighted by Crippen LogP contribution is 2.50. The lowest BCUT2D eigenvalue weighted by Gasteiger charge is -2.28. The summed E-state index contributed by atoms with van der Waals surface area (Å²) in [5.74, 6) is -0.0722. The van der Waals surface area contributed by atoms with Crippen molar-refractivity contribution >= 4 is 162 Å². The van der Waals surface area contributed by atoms with E-state index < -0.39 is 0 Å². The Labute approximate surface area is 787 Å². The summed E-state index contributed by atoms with van der Waals surface area (Å²) in [6, 6.07) is 126. The number of hydrogen-bond donors (Lipinski definition) is 0. The zero-order chi connectivity index (χ0) is 92.6. The first-order valence-electron chi connectivity index (χ1n) is 44.5. The van der Waals surface area contributed by atoms with Crippen molar-refractivity contribution < 1.29 is 0 Å². The Morgan fingerprint density at radius 1 is 0.232 bits per heavy atom. The molecule has 8 aromatic heterocycles. The number of aromatic nitrogens is 16. The molecule has 0 saturated carbocycles. The number of hydrogen-bond acceptors (Lipinski definition) is 23. The predicted molar refractivity (Wildman–Crippen MR) is 540 cm³/mol. The van der Waals surface area contributed by atoms with Crippen LogP contribution in [0.5, 0.6) is 0 Å². The van der Waals surface area contributed by atoms with Gasteiger partial charge in [0.15, 0.2) is 45.4 Å². The maximum Gasteiger partial charge on any atom is 0.199 e. The summed E-state index contributed by atoms with van der Waals surface area (Å²) in [6.07, 6.45) is 4.89. The van der Waals surface area contributed by atoms with E-state index in [-0.39, 0.29) is 73.1 Å². The Morgan fingerprint density at radius 3 is 1.01 bits per heavy atom. The quantitative estimate of drug-likeness (QED) is 0.0464. The summed E-state index contributed by atoms with van der Waals surface area (Å²) < 4.78 is 0. The third kappa shape index (κ3) is 14.1. The Hall–Kier alpha value is -19.9. The minimum absolute atomic E-state index is 0.0272. The van der Waals surface area contributed by atoms with Gasteiger partial charge in [0.1, 0.15) is 90.5 Å². The molecule has 0 saturated heterocycles. The van der Waals surface area contributed by atoms with Crippen molar-refractivity contribution in [1.82, 2.24) is 79.7 Å². The van der Waals surface area contributed by atoms with Crippen LogP contribution in [0.15, 0.2) is 364 Å². The third-order valence-electron chi connectivity index (χ3n) is 25.0. The van der Waals surface area contributed by atoms with E-state index in [1.54, 1.807) is 18.6 Å². The molecule has 16 aromatic carbocycles. The fourth-order valence-electron chi connectivity index (χ4n) is 18.8. The van der Waals surface area contributed by atoms with Crippen LogP contribution < -0.4 is 14.7 Å². The van der Waals surface area contributed by atoms with Gasteiger partial charge in [-0.05, 0) is 156 Å². The standard InChI is InChI=1S/C115H67N23/c1-67-25-22-30-74(59-67)95(69-27-8-3-9-28-69)70-45-47-71(48-46-70)96-97(72-49-51-79(52-50-72)136(75-31-10-4-11-32-75)80-39-23-26-68(2)60-80)129-106-107(128-96)109-111(110-108(106)132-112-113(133-110)121-58-57-120-112)135-115-114(134-109)122-66-92(127-115)73-29-24-40-81(61-73)138(78-37-16-7-17-38-78)94-56-54-87(83-42-19-21-44-85(83)94)99-98(86-53-55-93(84-43-20-18-41-82(84)86)137(76-33-12-5-13-34-76)77-35-14-6-15-36-77)130-104-102-100(123-88(62-116)90(64-118)125-102)101-103(105(104)131-99)126-91(65-119)89(63-117)124-101/h3-61,66,95H,1-2H3. The first kappa shape index (κ1) is 81.4. The first-order valence-corrected chi connectivity index (χ1v) is 44.5. The zero-order valence-electron chi connectivity index (χ0n) is 73.5. The number of nitrogens with zero attached hydrogens (tertiary/aromatic N) is 23. The SMILES string of the molecule is Cc1cccc(C(c2ccccc2)c2ccc(-c3nc4c(nc3-c3ccc(N(c5ccccc5)c5cccc(C)c5)cc3)c3nc5nccnc5nc3c3nc5nc(-c6cccc(N(c7ccccc7)c7ccc(-c8nc9c%10nc(C#N)c(C#N)nc%10c%10nc(C#N)c(C#N)nc%10c9nc8-c8ccc(N(c9ccccc9)c9ccccc9)c9ccccc89)c8ccccc78)c6)cnc5nc43)cc2)c1. The molecule has 0 aliphatic carbocycles. The molecule has 1 atom stereocenters. The van der Waals surface area contributed by atoms with Crippen molar-refractivity contribution in [2.75, 3.05) is 14.7 Å². The summed E-state index contributed by atoms with van der Waals surface area (Å²) in [5, 5.41) is 45.5. The van der Waals surface area contributed by atoms with Gasteiger partial charge in [-0.15, -0.1) is 0 Å². The lowest BCUT2D eigenvalue weighted by atomic mass is 9.84. The van der Waals surface area contributed by atoms with Crippen LogP contribution >= 0.6 is 0 Å². The predicted octanol–water partition coefficient (Wildman–Crippen LogP) is 25.6. The molecule has 0 N–H and O–H groups in total. The molecule has 24 rings (SSSR count). The molecular weight excluding hydrogens is 1700 g/mol. The van der Waals surface area contributed by atoms with Gasteiger partial charge in [0.2, 0.25) is 0 Å². The topological polar surface area (TPSA) is 311 Å². The number of aryl methyl sites for hydroxylation is 2. The van der Waals surface area contributed by atoms with Crippen LogP contribution in [0, 0.1) is 59.2 Å². The number of anilines is 9. The Balaban J connectivity index is 0.670. The van der Waals surface area contributed by atoms with Crippen molar-refractivity contribution in [2.24, 2.45) is 0 Å². The van der Waals surface area contributed by atoms with E-state index in [0.717, 1.165) is 101 Å². The van der Waals surface area contributed by atoms with Crippen molar-refractivity contribution in [2.45, 2.75) is 19.8 Å². The summed E-state index contributed by atoms with van der Waals surface area (Å²) in [7, 11) is 0. The van der Waals surface area contributed by atoms with E-state index in [4.69, 9.17) is 69.8 Å². The molecule has 138 heavy (non-hydrogen) atoms. The van der Waals surface area contributed by atoms with Gasteiger partial charge in [0.25, 0.3) is 0 Å². The van der Waals surface area contributed by atoms with Crippen molar-refractivity contribution in [1.29, 1.82) is 21.0 Å². The van der Waals surface area contributed by atoms with Gasteiger partial charge in [-0.2, -0.15) is 21.0 Å². The average Bonchev–Trinajstić information content (AvgIpc) is 0.737. The second kappa shape index (κ2) is 33.8. The van der Waals surface area contributed by atoms with Crippen LogP contribution in [0.2, 0.25) is 0 Å². The summed E-state index contributed by atoms with van der Waals surface area (Å²) >= 11 is 0. The molecule has 642 valence electrons. The average molecular weight is 1770 g/mol. The second-order valence-electron chi connectivity index (χ2n) is 33.4. The highest BCUT2D eigenvalue weighted by atomic mass is 15.2. The summed E-state index contributed by atoms with van der Waals surface area (Å²) in [4.78, 5) is 89.7. The fraction of sp³-hybridized carbons (Fsp3) is 0.0261. The molecule has 0 aliphatic heterocycles. The van der Waals surface area contributed by atoms with Crippen LogP contribution in [0.1, 0.15) is 56.5 Å². The molecule has 0 amide bonds. The largest absolute Gasteiger partial charge is 0.310 e. The molecule has 1 unspecified atom stereocenters. The smallest absolute Gasteiger partial charge is 0.199 e. The maximum absolute atomic E-state index is 10.7. The van der Waals surface area contributed by atoms with Crippen LogP contribution in [-0.4, -0.2) is 79.7 Å². The van der Waals surface area contributed by atoms with Gasteiger partial charge in [-0.1, -0.05) is 242 Å². The van der Waals surface area contributed by atoms with E-state index in [1.807, 2.05) is 146 Å². The van der Waals surface area contributed by atoms with Gasteiger partial charge in [-0.25, -0.2) is 79.7 Å². The minimum Gasteiger partial charge on any atom is -0.310 e. The van der Waals surface area contributed by atoms with Crippen molar-refractivity contribution in [3.05, 3.63) is 415 Å². The molecule has 23 heteroatoms. The summed E-state index contributed by atoms with van der Waals surface area (Å²) in [5.41, 5.74) is 22.7. The number of nitriles is 4. The minimum atomic E-state index is -0.282. The summed E-state index contributed by atoms with van der Waals surface area (Å²) in [6.45, 7) is 4.23. The lowest BCUT2D eigenvalue weighted by Crippen LogP contribution is -2.11. The second-order valence-corrected chi connectivity index (χ2v) is 33.4. The molecular formula is C115H67N23. The van der Waals surface area contributed by atoms with Gasteiger partial charge in [0.05, 0.1) is 46.0 Å². The van der Waals surface area contributed by atoms with Crippen molar-refractivity contribution in [3.63, 3.8) is 0 Å². The highest BCUT2D eigenvalue weighted by Gasteiger charge is 2.31. The molecule has 0 fully saturated rings. The van der Waals surface area contributed by atoms with Gasteiger partial charge in [0, 0.05) is 96.7 Å². The Kier molecular flexibility index (Phi) is 19.9. The number of rotatable bonds is 17. The molecule has 24 aromatic rings. The number of para-hydroxylation sites is 4. The van der Waals surface area contributed by atoms with E-state index in [0.29, 0.717) is 89.6 Å². The maximum atomic E-state index is 10.7. The van der Waals surface area contributed by atoms with Gasteiger partial charge >= 0.3 is 0 Å². The molecule has 0 bridgehead atoms. The van der Waals surface area contributed by atoms with E-state index in [1.165, 1.54) is 11.1 Å². The van der Waals surface area contributed by atoms with Crippen molar-refractivity contribution in [3.8, 4) is 80.6 Å². The molecule has 0 spiro atoms. The van der Waals surface area contributed by atoms with E-state index in [9.17, 15) is 21.0 Å². The lowest BCUT2D eigenvalue weighted by molar-refractivity contribution is 0.974. The number of fused-ring (bicyclic) bond motifs is 16.